The van der Waals surface area contributed by atoms with Gasteiger partial charge in [0.2, 0.25) is 0 Å². The molecule has 2 aromatic carbocycles. The van der Waals surface area contributed by atoms with Gasteiger partial charge in [0.25, 0.3) is 0 Å². The molecular formula is C17H19BrClNO. The van der Waals surface area contributed by atoms with Crippen LogP contribution in [-0.2, 0) is 0 Å². The molecule has 0 spiro atoms. The highest BCUT2D eigenvalue weighted by Crippen LogP contribution is 2.32. The molecule has 21 heavy (non-hydrogen) atoms. The molecule has 2 aromatic rings. The summed E-state index contributed by atoms with van der Waals surface area (Å²) in [6.45, 7) is 7.17. The summed E-state index contributed by atoms with van der Waals surface area (Å²) in [5, 5.41) is 4.12. The van der Waals surface area contributed by atoms with Gasteiger partial charge in [-0.2, -0.15) is 0 Å². The van der Waals surface area contributed by atoms with Crippen LogP contribution in [0.2, 0.25) is 5.02 Å². The molecule has 0 bridgehead atoms. The van der Waals surface area contributed by atoms with E-state index in [1.807, 2.05) is 37.3 Å². The first-order valence-corrected chi connectivity index (χ1v) is 8.15. The van der Waals surface area contributed by atoms with Crippen molar-refractivity contribution in [2.24, 2.45) is 0 Å². The van der Waals surface area contributed by atoms with E-state index in [9.17, 15) is 0 Å². The third-order valence-electron chi connectivity index (χ3n) is 3.31. The summed E-state index contributed by atoms with van der Waals surface area (Å²) in [4.78, 5) is 0. The quantitative estimate of drug-likeness (QED) is 0.712. The molecule has 0 fully saturated rings. The topological polar surface area (TPSA) is 21.3 Å². The first-order valence-electron chi connectivity index (χ1n) is 6.98. The number of ether oxygens (including phenoxy) is 1. The Morgan fingerprint density at radius 2 is 2.00 bits per heavy atom. The van der Waals surface area contributed by atoms with Gasteiger partial charge >= 0.3 is 0 Å². The Hall–Kier alpha value is -1.03. The Bertz CT molecular complexity index is 630. The molecule has 2 rings (SSSR count). The Kier molecular flexibility index (Phi) is 5.68. The minimum absolute atomic E-state index is 0.302. The zero-order valence-electron chi connectivity index (χ0n) is 12.4. The van der Waals surface area contributed by atoms with Crippen LogP contribution in [0.15, 0.2) is 40.9 Å². The fourth-order valence-electron chi connectivity index (χ4n) is 2.19. The summed E-state index contributed by atoms with van der Waals surface area (Å²) in [6.07, 6.45) is 0. The van der Waals surface area contributed by atoms with Crippen molar-refractivity contribution >= 4 is 27.5 Å². The summed E-state index contributed by atoms with van der Waals surface area (Å²) in [5.74, 6) is 1.62. The van der Waals surface area contributed by atoms with Crippen molar-refractivity contribution in [1.82, 2.24) is 5.32 Å². The Balaban J connectivity index is 2.20. The zero-order valence-corrected chi connectivity index (χ0v) is 14.8. The molecule has 112 valence electrons. The highest BCUT2D eigenvalue weighted by Gasteiger charge is 2.10. The molecule has 0 aromatic heterocycles. The highest BCUT2D eigenvalue weighted by molar-refractivity contribution is 9.10. The van der Waals surface area contributed by atoms with Gasteiger partial charge < -0.3 is 10.1 Å². The van der Waals surface area contributed by atoms with Gasteiger partial charge in [0, 0.05) is 15.5 Å². The Morgan fingerprint density at radius 3 is 2.62 bits per heavy atom. The van der Waals surface area contributed by atoms with Crippen LogP contribution in [0.4, 0.5) is 0 Å². The van der Waals surface area contributed by atoms with E-state index in [1.165, 1.54) is 5.56 Å². The second-order valence-electron chi connectivity index (χ2n) is 4.97. The molecule has 0 saturated carbocycles. The van der Waals surface area contributed by atoms with Crippen LogP contribution >= 0.6 is 27.5 Å². The molecule has 1 N–H and O–H groups in total. The van der Waals surface area contributed by atoms with E-state index >= 15 is 0 Å². The van der Waals surface area contributed by atoms with Crippen LogP contribution in [0.1, 0.15) is 31.0 Å². The van der Waals surface area contributed by atoms with Gasteiger partial charge in [-0.15, -0.1) is 0 Å². The number of nitrogens with one attached hydrogen (secondary N) is 1. The molecule has 2 nitrogen and oxygen atoms in total. The first kappa shape index (κ1) is 16.3. The number of hydrogen-bond acceptors (Lipinski definition) is 2. The van der Waals surface area contributed by atoms with Crippen LogP contribution in [0.3, 0.4) is 0 Å². The van der Waals surface area contributed by atoms with Crippen LogP contribution in [0, 0.1) is 6.92 Å². The predicted octanol–water partition coefficient (Wildman–Crippen LogP) is 5.87. The van der Waals surface area contributed by atoms with Crippen molar-refractivity contribution in [3.8, 4) is 11.5 Å². The third-order valence-corrected chi connectivity index (χ3v) is 4.24. The summed E-state index contributed by atoms with van der Waals surface area (Å²) in [6, 6.07) is 12.0. The van der Waals surface area contributed by atoms with Crippen molar-refractivity contribution in [3.63, 3.8) is 0 Å². The van der Waals surface area contributed by atoms with Crippen LogP contribution in [-0.4, -0.2) is 6.54 Å². The number of hydrogen-bond donors (Lipinski definition) is 1. The largest absolute Gasteiger partial charge is 0.457 e. The molecule has 0 aliphatic rings. The molecule has 1 atom stereocenters. The van der Waals surface area contributed by atoms with Gasteiger partial charge in [0.15, 0.2) is 0 Å². The molecule has 0 saturated heterocycles. The predicted molar refractivity (Wildman–Crippen MR) is 92.5 cm³/mol. The Labute approximate surface area is 139 Å². The summed E-state index contributed by atoms with van der Waals surface area (Å²) >= 11 is 9.58. The van der Waals surface area contributed by atoms with Gasteiger partial charge in [0.1, 0.15) is 11.5 Å². The third kappa shape index (κ3) is 4.22. The maximum Gasteiger partial charge on any atom is 0.130 e. The molecule has 0 radical (unpaired) electrons. The van der Waals surface area contributed by atoms with Gasteiger partial charge in [-0.1, -0.05) is 40.5 Å². The maximum atomic E-state index is 5.96. The lowest BCUT2D eigenvalue weighted by Crippen LogP contribution is -2.17. The normalized spacial score (nSPS) is 12.2. The van der Waals surface area contributed by atoms with Crippen molar-refractivity contribution < 1.29 is 4.74 Å². The maximum absolute atomic E-state index is 5.96. The van der Waals surface area contributed by atoms with E-state index in [-0.39, 0.29) is 0 Å². The fraction of sp³-hybridized carbons (Fsp3) is 0.294. The zero-order chi connectivity index (χ0) is 15.4. The minimum atomic E-state index is 0.302. The van der Waals surface area contributed by atoms with Crippen LogP contribution < -0.4 is 10.1 Å². The highest BCUT2D eigenvalue weighted by atomic mass is 79.9. The van der Waals surface area contributed by atoms with E-state index < -0.39 is 0 Å². The van der Waals surface area contributed by atoms with Gasteiger partial charge in [-0.25, -0.2) is 0 Å². The number of benzene rings is 2. The second kappa shape index (κ2) is 7.30. The second-order valence-corrected chi connectivity index (χ2v) is 6.27. The molecular weight excluding hydrogens is 350 g/mol. The van der Waals surface area contributed by atoms with Gasteiger partial charge in [-0.05, 0) is 61.9 Å². The van der Waals surface area contributed by atoms with E-state index in [2.05, 4.69) is 41.2 Å². The molecule has 0 aliphatic carbocycles. The van der Waals surface area contributed by atoms with Crippen molar-refractivity contribution in [3.05, 3.63) is 57.0 Å². The Morgan fingerprint density at radius 1 is 1.24 bits per heavy atom. The summed E-state index contributed by atoms with van der Waals surface area (Å²) < 4.78 is 6.97. The van der Waals surface area contributed by atoms with Crippen LogP contribution in [0.5, 0.6) is 11.5 Å². The van der Waals surface area contributed by atoms with Crippen LogP contribution in [0.25, 0.3) is 0 Å². The molecule has 0 aliphatic heterocycles. The summed E-state index contributed by atoms with van der Waals surface area (Å²) in [5.41, 5.74) is 2.24. The van der Waals surface area contributed by atoms with E-state index in [4.69, 9.17) is 16.3 Å². The monoisotopic (exact) mass is 367 g/mol. The van der Waals surface area contributed by atoms with Gasteiger partial charge in [0.05, 0.1) is 0 Å². The molecule has 0 amide bonds. The van der Waals surface area contributed by atoms with Crippen molar-refractivity contribution in [1.29, 1.82) is 0 Å². The lowest BCUT2D eigenvalue weighted by Gasteiger charge is -2.16. The minimum Gasteiger partial charge on any atom is -0.457 e. The first-order chi connectivity index (χ1) is 10.0. The molecule has 0 heterocycles. The fourth-order valence-corrected chi connectivity index (χ4v) is 3.12. The number of halogens is 2. The van der Waals surface area contributed by atoms with Gasteiger partial charge in [-0.3, -0.25) is 0 Å². The van der Waals surface area contributed by atoms with Crippen molar-refractivity contribution in [2.75, 3.05) is 6.54 Å². The standard InChI is InChI=1S/C17H19BrClNO/c1-4-20-12(3)15-7-6-14(10-16(15)18)21-17-8-5-13(19)9-11(17)2/h5-10,12,20H,4H2,1-3H3. The smallest absolute Gasteiger partial charge is 0.130 e. The lowest BCUT2D eigenvalue weighted by atomic mass is 10.1. The number of aryl methyl sites for hydroxylation is 1. The molecule has 4 heteroatoms. The van der Waals surface area contributed by atoms with E-state index in [1.54, 1.807) is 0 Å². The molecule has 1 unspecified atom stereocenters. The van der Waals surface area contributed by atoms with E-state index in [0.29, 0.717) is 6.04 Å². The summed E-state index contributed by atoms with van der Waals surface area (Å²) in [7, 11) is 0. The number of rotatable bonds is 5. The average Bonchev–Trinajstić information content (AvgIpc) is 2.42. The van der Waals surface area contributed by atoms with E-state index in [0.717, 1.165) is 33.1 Å². The van der Waals surface area contributed by atoms with Crippen molar-refractivity contribution in [2.45, 2.75) is 26.8 Å². The lowest BCUT2D eigenvalue weighted by molar-refractivity contribution is 0.477. The average molecular weight is 369 g/mol. The SMILES string of the molecule is CCNC(C)c1ccc(Oc2ccc(Cl)cc2C)cc1Br.